The molecule has 27 heavy (non-hydrogen) atoms. The molecule has 2 aliphatic heterocycles. The van der Waals surface area contributed by atoms with Gasteiger partial charge in [0, 0.05) is 38.8 Å². The summed E-state index contributed by atoms with van der Waals surface area (Å²) in [6.45, 7) is 6.13. The molecule has 3 N–H and O–H groups in total. The molecule has 0 saturated carbocycles. The summed E-state index contributed by atoms with van der Waals surface area (Å²) in [5.74, 6) is 0. The number of benzene rings is 1. The number of nitrogens with one attached hydrogen (secondary N) is 3. The van der Waals surface area contributed by atoms with Crippen LogP contribution < -0.4 is 16.0 Å². The predicted molar refractivity (Wildman–Crippen MR) is 104 cm³/mol. The molecule has 2 aliphatic rings. The van der Waals surface area contributed by atoms with E-state index < -0.39 is 0 Å². The van der Waals surface area contributed by atoms with E-state index in [1.807, 2.05) is 10.7 Å². The normalized spacial score (nSPS) is 20.1. The Bertz CT molecular complexity index is 736. The van der Waals surface area contributed by atoms with E-state index >= 15 is 0 Å². The average molecular weight is 368 g/mol. The zero-order valence-electron chi connectivity index (χ0n) is 15.7. The van der Waals surface area contributed by atoms with Crippen molar-refractivity contribution < 1.29 is 4.79 Å². The van der Waals surface area contributed by atoms with E-state index in [0.29, 0.717) is 6.54 Å². The maximum atomic E-state index is 12.2. The summed E-state index contributed by atoms with van der Waals surface area (Å²) in [5, 5.41) is 14.0. The Balaban J connectivity index is 1.21. The fourth-order valence-electron chi connectivity index (χ4n) is 3.85. The molecule has 0 bridgehead atoms. The number of likely N-dealkylation sites (tertiary alicyclic amines) is 1. The third-order valence-corrected chi connectivity index (χ3v) is 5.23. The van der Waals surface area contributed by atoms with Crippen LogP contribution >= 0.6 is 0 Å². The number of carbonyl (C=O) groups is 1. The van der Waals surface area contributed by atoms with Crippen molar-refractivity contribution in [3.63, 3.8) is 0 Å². The molecule has 1 atom stereocenters. The topological polar surface area (TPSA) is 74.2 Å². The standard InChI is InChI=1S/C20H28N6O/c27-20(22-12-18-11-19-13-21-8-4-9-26(19)24-18)23-17-7-10-25(15-17)14-16-5-2-1-3-6-16/h1-3,5-6,11,17,21H,4,7-10,12-15H2,(H2,22,23,27)/t17-/m0/s1. The van der Waals surface area contributed by atoms with Crippen molar-refractivity contribution in [3.05, 3.63) is 53.3 Å². The molecule has 2 amide bonds. The van der Waals surface area contributed by atoms with Gasteiger partial charge in [0.2, 0.25) is 0 Å². The Hall–Kier alpha value is -2.38. The molecule has 1 aromatic heterocycles. The second-order valence-electron chi connectivity index (χ2n) is 7.41. The number of nitrogens with zero attached hydrogens (tertiary/aromatic N) is 3. The van der Waals surface area contributed by atoms with Crippen molar-refractivity contribution in [1.29, 1.82) is 0 Å². The van der Waals surface area contributed by atoms with E-state index in [9.17, 15) is 4.79 Å². The largest absolute Gasteiger partial charge is 0.334 e. The quantitative estimate of drug-likeness (QED) is 0.747. The minimum atomic E-state index is -0.108. The van der Waals surface area contributed by atoms with Gasteiger partial charge in [0.15, 0.2) is 0 Å². The number of hydrogen-bond acceptors (Lipinski definition) is 4. The number of aromatic nitrogens is 2. The molecule has 2 aromatic rings. The summed E-state index contributed by atoms with van der Waals surface area (Å²) >= 11 is 0. The second-order valence-corrected chi connectivity index (χ2v) is 7.41. The van der Waals surface area contributed by atoms with Crippen LogP contribution in [0.25, 0.3) is 0 Å². The smallest absolute Gasteiger partial charge is 0.315 e. The van der Waals surface area contributed by atoms with Gasteiger partial charge in [-0.15, -0.1) is 0 Å². The van der Waals surface area contributed by atoms with E-state index in [2.05, 4.69) is 56.3 Å². The molecule has 1 fully saturated rings. The molecular weight excluding hydrogens is 340 g/mol. The van der Waals surface area contributed by atoms with Gasteiger partial charge >= 0.3 is 6.03 Å². The van der Waals surface area contributed by atoms with Crippen molar-refractivity contribution in [2.24, 2.45) is 0 Å². The van der Waals surface area contributed by atoms with Crippen molar-refractivity contribution >= 4 is 6.03 Å². The lowest BCUT2D eigenvalue weighted by Crippen LogP contribution is -2.43. The van der Waals surface area contributed by atoms with Gasteiger partial charge in [-0.05, 0) is 31.0 Å². The number of urea groups is 1. The molecule has 144 valence electrons. The van der Waals surface area contributed by atoms with Crippen molar-refractivity contribution in [1.82, 2.24) is 30.6 Å². The highest BCUT2D eigenvalue weighted by Gasteiger charge is 2.23. The minimum Gasteiger partial charge on any atom is -0.334 e. The first kappa shape index (κ1) is 18.0. The van der Waals surface area contributed by atoms with Crippen LogP contribution in [0.1, 0.15) is 29.8 Å². The van der Waals surface area contributed by atoms with E-state index in [1.54, 1.807) is 0 Å². The van der Waals surface area contributed by atoms with Crippen LogP contribution in [0, 0.1) is 0 Å². The summed E-state index contributed by atoms with van der Waals surface area (Å²) in [7, 11) is 0. The van der Waals surface area contributed by atoms with Crippen LogP contribution in [-0.2, 0) is 26.2 Å². The Labute approximate surface area is 160 Å². The summed E-state index contributed by atoms with van der Waals surface area (Å²) in [4.78, 5) is 14.6. The summed E-state index contributed by atoms with van der Waals surface area (Å²) in [6, 6.07) is 12.6. The fraction of sp³-hybridized carbons (Fsp3) is 0.500. The number of fused-ring (bicyclic) bond motifs is 1. The molecule has 3 heterocycles. The predicted octanol–water partition coefficient (Wildman–Crippen LogP) is 1.45. The first-order valence-electron chi connectivity index (χ1n) is 9.83. The monoisotopic (exact) mass is 368 g/mol. The highest BCUT2D eigenvalue weighted by molar-refractivity contribution is 5.74. The van der Waals surface area contributed by atoms with Crippen molar-refractivity contribution in [2.45, 2.75) is 45.1 Å². The third kappa shape index (κ3) is 4.87. The van der Waals surface area contributed by atoms with Gasteiger partial charge < -0.3 is 16.0 Å². The van der Waals surface area contributed by atoms with E-state index in [-0.39, 0.29) is 12.1 Å². The molecule has 7 nitrogen and oxygen atoms in total. The number of aryl methyl sites for hydroxylation is 1. The molecule has 4 rings (SSSR count). The molecule has 0 aliphatic carbocycles. The SMILES string of the molecule is O=C(NCc1cc2n(n1)CCCNC2)N[C@H]1CCN(Cc2ccccc2)C1. The van der Waals surface area contributed by atoms with Gasteiger partial charge in [-0.25, -0.2) is 4.79 Å². The van der Waals surface area contributed by atoms with E-state index in [0.717, 1.165) is 57.8 Å². The average Bonchev–Trinajstić information content (AvgIpc) is 3.21. The molecule has 1 aromatic carbocycles. The summed E-state index contributed by atoms with van der Waals surface area (Å²) in [6.07, 6.45) is 2.08. The minimum absolute atomic E-state index is 0.108. The molecule has 0 spiro atoms. The molecule has 0 radical (unpaired) electrons. The molecule has 1 saturated heterocycles. The Morgan fingerprint density at radius 3 is 3.04 bits per heavy atom. The molecule has 0 unspecified atom stereocenters. The zero-order valence-corrected chi connectivity index (χ0v) is 15.7. The van der Waals surface area contributed by atoms with Crippen LogP contribution in [0.3, 0.4) is 0 Å². The van der Waals surface area contributed by atoms with Crippen LogP contribution in [0.2, 0.25) is 0 Å². The number of hydrogen-bond donors (Lipinski definition) is 3. The van der Waals surface area contributed by atoms with Gasteiger partial charge in [0.1, 0.15) is 0 Å². The Morgan fingerprint density at radius 1 is 1.26 bits per heavy atom. The summed E-state index contributed by atoms with van der Waals surface area (Å²) < 4.78 is 2.05. The number of amides is 2. The lowest BCUT2D eigenvalue weighted by atomic mass is 10.2. The molecule has 7 heteroatoms. The van der Waals surface area contributed by atoms with Crippen molar-refractivity contribution in [3.8, 4) is 0 Å². The van der Waals surface area contributed by atoms with Crippen LogP contribution in [0.5, 0.6) is 0 Å². The van der Waals surface area contributed by atoms with Crippen molar-refractivity contribution in [2.75, 3.05) is 19.6 Å². The second kappa shape index (κ2) is 8.54. The highest BCUT2D eigenvalue weighted by atomic mass is 16.2. The van der Waals surface area contributed by atoms with Gasteiger partial charge in [0.05, 0.1) is 17.9 Å². The van der Waals surface area contributed by atoms with Crippen LogP contribution in [-0.4, -0.2) is 46.4 Å². The van der Waals surface area contributed by atoms with Gasteiger partial charge in [-0.3, -0.25) is 9.58 Å². The lowest BCUT2D eigenvalue weighted by molar-refractivity contribution is 0.235. The highest BCUT2D eigenvalue weighted by Crippen LogP contribution is 2.13. The first-order valence-corrected chi connectivity index (χ1v) is 9.83. The number of rotatable bonds is 5. The maximum Gasteiger partial charge on any atom is 0.315 e. The fourth-order valence-corrected chi connectivity index (χ4v) is 3.85. The summed E-state index contributed by atoms with van der Waals surface area (Å²) in [5.41, 5.74) is 3.43. The van der Waals surface area contributed by atoms with E-state index in [4.69, 9.17) is 0 Å². The van der Waals surface area contributed by atoms with Gasteiger partial charge in [0.25, 0.3) is 0 Å². The Morgan fingerprint density at radius 2 is 2.15 bits per heavy atom. The number of carbonyl (C=O) groups excluding carboxylic acids is 1. The van der Waals surface area contributed by atoms with Crippen LogP contribution in [0.15, 0.2) is 36.4 Å². The van der Waals surface area contributed by atoms with E-state index in [1.165, 1.54) is 11.3 Å². The third-order valence-electron chi connectivity index (χ3n) is 5.23. The van der Waals surface area contributed by atoms with Gasteiger partial charge in [-0.2, -0.15) is 5.10 Å². The van der Waals surface area contributed by atoms with Crippen LogP contribution in [0.4, 0.5) is 4.79 Å². The molecular formula is C20H28N6O. The van der Waals surface area contributed by atoms with Gasteiger partial charge in [-0.1, -0.05) is 30.3 Å². The first-order chi connectivity index (χ1) is 13.3. The zero-order chi connectivity index (χ0) is 18.5. The Kier molecular flexibility index (Phi) is 5.69. The maximum absolute atomic E-state index is 12.2. The lowest BCUT2D eigenvalue weighted by Gasteiger charge is -2.17.